The summed E-state index contributed by atoms with van der Waals surface area (Å²) in [6, 6.07) is 13.9. The Morgan fingerprint density at radius 3 is 2.75 bits per heavy atom. The number of piperidine rings is 1. The zero-order chi connectivity index (χ0) is 17.2. The van der Waals surface area contributed by atoms with Crippen molar-refractivity contribution in [3.63, 3.8) is 0 Å². The summed E-state index contributed by atoms with van der Waals surface area (Å²) in [5.74, 6) is -0.0117. The Balaban J connectivity index is 1.77. The molecule has 0 aliphatic carbocycles. The third kappa shape index (κ3) is 3.44. The molecule has 128 valence electrons. The van der Waals surface area contributed by atoms with Gasteiger partial charge in [0.05, 0.1) is 11.7 Å². The molecule has 1 aliphatic heterocycles. The quantitative estimate of drug-likeness (QED) is 0.920. The van der Waals surface area contributed by atoms with Crippen LogP contribution in [0.5, 0.6) is 0 Å². The molecule has 6 heteroatoms. The summed E-state index contributed by atoms with van der Waals surface area (Å²) in [6.45, 7) is 0.895. The number of fused-ring (bicyclic) bond motifs is 1. The van der Waals surface area contributed by atoms with Crippen molar-refractivity contribution in [2.75, 3.05) is 20.1 Å². The van der Waals surface area contributed by atoms with Crippen molar-refractivity contribution in [1.82, 2.24) is 9.62 Å². The van der Waals surface area contributed by atoms with E-state index in [2.05, 4.69) is 4.72 Å². The van der Waals surface area contributed by atoms with Crippen LogP contribution in [0.25, 0.3) is 10.8 Å². The summed E-state index contributed by atoms with van der Waals surface area (Å²) in [6.07, 6.45) is 1.61. The average molecular weight is 346 g/mol. The van der Waals surface area contributed by atoms with Gasteiger partial charge in [0.25, 0.3) is 0 Å². The number of rotatable bonds is 4. The Labute approximate surface area is 142 Å². The van der Waals surface area contributed by atoms with Gasteiger partial charge in [-0.05, 0) is 36.2 Å². The second kappa shape index (κ2) is 6.91. The van der Waals surface area contributed by atoms with E-state index >= 15 is 0 Å². The van der Waals surface area contributed by atoms with Crippen molar-refractivity contribution in [2.24, 2.45) is 0 Å². The lowest BCUT2D eigenvalue weighted by Crippen LogP contribution is -2.48. The van der Waals surface area contributed by atoms with Crippen LogP contribution in [0.2, 0.25) is 0 Å². The smallest absolute Gasteiger partial charge is 0.227 e. The number of nitrogens with one attached hydrogen (secondary N) is 1. The van der Waals surface area contributed by atoms with E-state index in [1.165, 1.54) is 7.05 Å². The zero-order valence-corrected chi connectivity index (χ0v) is 14.6. The lowest BCUT2D eigenvalue weighted by atomic mass is 10.0. The molecule has 0 spiro atoms. The number of carbonyl (C=O) groups is 1. The van der Waals surface area contributed by atoms with Crippen LogP contribution < -0.4 is 4.72 Å². The first kappa shape index (κ1) is 16.9. The van der Waals surface area contributed by atoms with Gasteiger partial charge < -0.3 is 4.90 Å². The molecule has 3 rings (SSSR count). The summed E-state index contributed by atoms with van der Waals surface area (Å²) < 4.78 is 26.4. The molecule has 1 aliphatic rings. The normalized spacial score (nSPS) is 18.7. The molecule has 0 bridgehead atoms. The van der Waals surface area contributed by atoms with Gasteiger partial charge in [0.15, 0.2) is 0 Å². The summed E-state index contributed by atoms with van der Waals surface area (Å²) >= 11 is 0. The van der Waals surface area contributed by atoms with E-state index < -0.39 is 15.3 Å². The number of carbonyl (C=O) groups excluding carboxylic acids is 1. The molecule has 1 saturated heterocycles. The molecular weight excluding hydrogens is 324 g/mol. The fourth-order valence-corrected chi connectivity index (χ4v) is 4.49. The van der Waals surface area contributed by atoms with Crippen molar-refractivity contribution in [2.45, 2.75) is 24.5 Å². The maximum absolute atomic E-state index is 12.7. The van der Waals surface area contributed by atoms with Gasteiger partial charge in [-0.25, -0.2) is 13.1 Å². The fourth-order valence-electron chi connectivity index (χ4n) is 3.31. The van der Waals surface area contributed by atoms with E-state index in [0.29, 0.717) is 25.8 Å². The van der Waals surface area contributed by atoms with E-state index in [1.54, 1.807) is 4.90 Å². The number of sulfonamides is 1. The predicted molar refractivity (Wildman–Crippen MR) is 95.2 cm³/mol. The highest BCUT2D eigenvalue weighted by molar-refractivity contribution is 7.90. The standard InChI is InChI=1S/C18H22N2O3S/c1-19-24(22,23)16-9-5-11-20(13-16)18(21)12-15-8-4-7-14-6-2-3-10-17(14)15/h2-4,6-8,10,16,19H,5,9,11-13H2,1H3. The third-order valence-corrected chi connectivity index (χ3v) is 6.51. The van der Waals surface area contributed by atoms with Gasteiger partial charge in [-0.15, -0.1) is 0 Å². The monoisotopic (exact) mass is 346 g/mol. The van der Waals surface area contributed by atoms with Gasteiger partial charge in [-0.2, -0.15) is 0 Å². The van der Waals surface area contributed by atoms with Crippen molar-refractivity contribution in [3.8, 4) is 0 Å². The Morgan fingerprint density at radius 1 is 1.21 bits per heavy atom. The minimum atomic E-state index is -3.34. The summed E-state index contributed by atoms with van der Waals surface area (Å²) in [7, 11) is -1.92. The van der Waals surface area contributed by atoms with E-state index in [-0.39, 0.29) is 12.5 Å². The molecule has 0 saturated carbocycles. The third-order valence-electron chi connectivity index (χ3n) is 4.68. The van der Waals surface area contributed by atoms with Crippen LogP contribution in [0, 0.1) is 0 Å². The maximum atomic E-state index is 12.7. The number of benzene rings is 2. The molecule has 1 fully saturated rings. The van der Waals surface area contributed by atoms with Crippen LogP contribution in [0.3, 0.4) is 0 Å². The van der Waals surface area contributed by atoms with Gasteiger partial charge in [-0.1, -0.05) is 42.5 Å². The van der Waals surface area contributed by atoms with Crippen molar-refractivity contribution in [3.05, 3.63) is 48.0 Å². The second-order valence-electron chi connectivity index (χ2n) is 6.17. The number of likely N-dealkylation sites (tertiary alicyclic amines) is 1. The Hall–Kier alpha value is -1.92. The number of hydrogen-bond donors (Lipinski definition) is 1. The van der Waals surface area contributed by atoms with Crippen LogP contribution in [-0.2, 0) is 21.2 Å². The molecule has 0 aromatic heterocycles. The number of amides is 1. The maximum Gasteiger partial charge on any atom is 0.227 e. The lowest BCUT2D eigenvalue weighted by Gasteiger charge is -2.32. The highest BCUT2D eigenvalue weighted by Crippen LogP contribution is 2.21. The van der Waals surface area contributed by atoms with Crippen LogP contribution in [0.15, 0.2) is 42.5 Å². The first-order chi connectivity index (χ1) is 11.5. The summed E-state index contributed by atoms with van der Waals surface area (Å²) in [5, 5.41) is 1.66. The Morgan fingerprint density at radius 2 is 1.96 bits per heavy atom. The highest BCUT2D eigenvalue weighted by atomic mass is 32.2. The first-order valence-corrected chi connectivity index (χ1v) is 9.72. The minimum Gasteiger partial charge on any atom is -0.341 e. The molecule has 0 radical (unpaired) electrons. The SMILES string of the molecule is CNS(=O)(=O)C1CCCN(C(=O)Cc2cccc3ccccc23)C1. The molecule has 1 heterocycles. The van der Waals surface area contributed by atoms with Crippen molar-refractivity contribution in [1.29, 1.82) is 0 Å². The molecular formula is C18H22N2O3S. The van der Waals surface area contributed by atoms with Gasteiger partial charge in [-0.3, -0.25) is 4.79 Å². The average Bonchev–Trinajstić information content (AvgIpc) is 2.62. The topological polar surface area (TPSA) is 66.5 Å². The molecule has 1 N–H and O–H groups in total. The van der Waals surface area contributed by atoms with Crippen molar-refractivity contribution >= 4 is 26.7 Å². The summed E-state index contributed by atoms with van der Waals surface area (Å²) in [5.41, 5.74) is 0.983. The van der Waals surface area contributed by atoms with Crippen LogP contribution in [-0.4, -0.2) is 44.6 Å². The van der Waals surface area contributed by atoms with Gasteiger partial charge in [0, 0.05) is 13.1 Å². The van der Waals surface area contributed by atoms with Crippen LogP contribution in [0.4, 0.5) is 0 Å². The van der Waals surface area contributed by atoms with E-state index in [4.69, 9.17) is 0 Å². The fraction of sp³-hybridized carbons (Fsp3) is 0.389. The van der Waals surface area contributed by atoms with Crippen LogP contribution >= 0.6 is 0 Å². The second-order valence-corrected chi connectivity index (χ2v) is 8.33. The molecule has 2 aromatic rings. The Bertz CT molecular complexity index is 843. The zero-order valence-electron chi connectivity index (χ0n) is 13.7. The van der Waals surface area contributed by atoms with Gasteiger partial charge in [0.1, 0.15) is 0 Å². The summed E-state index contributed by atoms with van der Waals surface area (Å²) in [4.78, 5) is 14.4. The van der Waals surface area contributed by atoms with Crippen molar-refractivity contribution < 1.29 is 13.2 Å². The van der Waals surface area contributed by atoms with E-state index in [0.717, 1.165) is 16.3 Å². The molecule has 1 amide bonds. The van der Waals surface area contributed by atoms with Gasteiger partial charge in [0.2, 0.25) is 15.9 Å². The van der Waals surface area contributed by atoms with Crippen LogP contribution in [0.1, 0.15) is 18.4 Å². The number of nitrogens with zero attached hydrogens (tertiary/aromatic N) is 1. The first-order valence-electron chi connectivity index (χ1n) is 8.18. The lowest BCUT2D eigenvalue weighted by molar-refractivity contribution is -0.131. The molecule has 1 atom stereocenters. The number of hydrogen-bond acceptors (Lipinski definition) is 3. The minimum absolute atomic E-state index is 0.0117. The largest absolute Gasteiger partial charge is 0.341 e. The highest BCUT2D eigenvalue weighted by Gasteiger charge is 2.31. The molecule has 5 nitrogen and oxygen atoms in total. The van der Waals surface area contributed by atoms with E-state index in [1.807, 2.05) is 42.5 Å². The van der Waals surface area contributed by atoms with Gasteiger partial charge >= 0.3 is 0 Å². The Kier molecular flexibility index (Phi) is 4.87. The molecule has 1 unspecified atom stereocenters. The van der Waals surface area contributed by atoms with E-state index in [9.17, 15) is 13.2 Å². The molecule has 2 aromatic carbocycles. The predicted octanol–water partition coefficient (Wildman–Crippen LogP) is 1.92. The molecule has 24 heavy (non-hydrogen) atoms.